The van der Waals surface area contributed by atoms with Gasteiger partial charge in [0.15, 0.2) is 6.10 Å². The fourth-order valence-electron chi connectivity index (χ4n) is 2.90. The first-order valence-electron chi connectivity index (χ1n) is 9.42. The van der Waals surface area contributed by atoms with Gasteiger partial charge >= 0.3 is 5.97 Å². The number of carbonyl (C=O) groups is 2. The predicted octanol–water partition coefficient (Wildman–Crippen LogP) is 3.28. The van der Waals surface area contributed by atoms with Crippen molar-refractivity contribution in [2.75, 3.05) is 12.4 Å². The first-order chi connectivity index (χ1) is 13.9. The standard InChI is InChI=1S/C21H24N4O4/c1-5-25-18-11-6-14(12-17(18)23-24-25)21(27)29-19(13(2)3)20(26)22-15-7-9-16(28-4)10-8-15/h6-13,19H,5H2,1-4H3,(H,22,26). The number of methoxy groups -OCH3 is 1. The zero-order chi connectivity index (χ0) is 21.0. The van der Waals surface area contributed by atoms with Gasteiger partial charge in [0.05, 0.1) is 18.2 Å². The van der Waals surface area contributed by atoms with E-state index in [-0.39, 0.29) is 5.92 Å². The van der Waals surface area contributed by atoms with E-state index in [1.807, 2.05) is 20.8 Å². The number of esters is 1. The van der Waals surface area contributed by atoms with Gasteiger partial charge in [-0.2, -0.15) is 0 Å². The summed E-state index contributed by atoms with van der Waals surface area (Å²) in [6.45, 7) is 6.29. The first kappa shape index (κ1) is 20.3. The lowest BCUT2D eigenvalue weighted by molar-refractivity contribution is -0.126. The van der Waals surface area contributed by atoms with E-state index in [0.29, 0.717) is 29.1 Å². The molecule has 2 aromatic carbocycles. The van der Waals surface area contributed by atoms with E-state index in [1.54, 1.807) is 54.3 Å². The number of hydrogen-bond acceptors (Lipinski definition) is 6. The van der Waals surface area contributed by atoms with Gasteiger partial charge in [0, 0.05) is 12.2 Å². The largest absolute Gasteiger partial charge is 0.497 e. The molecule has 1 atom stereocenters. The highest BCUT2D eigenvalue weighted by molar-refractivity contribution is 5.98. The molecule has 0 bridgehead atoms. The number of aromatic nitrogens is 3. The van der Waals surface area contributed by atoms with Crippen molar-refractivity contribution in [2.45, 2.75) is 33.4 Å². The number of carbonyl (C=O) groups excluding carboxylic acids is 2. The van der Waals surface area contributed by atoms with Crippen LogP contribution in [-0.4, -0.2) is 40.1 Å². The number of rotatable bonds is 7. The van der Waals surface area contributed by atoms with Gasteiger partial charge in [-0.3, -0.25) is 4.79 Å². The topological polar surface area (TPSA) is 95.3 Å². The van der Waals surface area contributed by atoms with Crippen LogP contribution in [0, 0.1) is 5.92 Å². The number of hydrogen-bond donors (Lipinski definition) is 1. The Morgan fingerprint density at radius 2 is 1.86 bits per heavy atom. The minimum absolute atomic E-state index is 0.207. The third-order valence-corrected chi connectivity index (χ3v) is 4.50. The number of fused-ring (bicyclic) bond motifs is 1. The molecule has 8 heteroatoms. The Morgan fingerprint density at radius 3 is 2.48 bits per heavy atom. The molecule has 0 aliphatic heterocycles. The maximum absolute atomic E-state index is 12.7. The van der Waals surface area contributed by atoms with Crippen molar-refractivity contribution in [2.24, 2.45) is 5.92 Å². The minimum atomic E-state index is -0.938. The number of ether oxygens (including phenoxy) is 2. The molecule has 0 aliphatic rings. The highest BCUT2D eigenvalue weighted by Crippen LogP contribution is 2.19. The van der Waals surface area contributed by atoms with Gasteiger partial charge in [0.2, 0.25) is 0 Å². The maximum Gasteiger partial charge on any atom is 0.339 e. The van der Waals surface area contributed by atoms with Gasteiger partial charge < -0.3 is 14.8 Å². The molecule has 0 saturated carbocycles. The molecule has 29 heavy (non-hydrogen) atoms. The van der Waals surface area contributed by atoms with Crippen molar-refractivity contribution < 1.29 is 19.1 Å². The Kier molecular flexibility index (Phi) is 6.11. The predicted molar refractivity (Wildman–Crippen MR) is 109 cm³/mol. The van der Waals surface area contributed by atoms with Crippen molar-refractivity contribution in [3.8, 4) is 5.75 Å². The number of benzene rings is 2. The first-order valence-corrected chi connectivity index (χ1v) is 9.42. The zero-order valence-electron chi connectivity index (χ0n) is 16.9. The molecule has 1 N–H and O–H groups in total. The molecule has 1 aromatic heterocycles. The van der Waals surface area contributed by atoms with E-state index in [2.05, 4.69) is 15.6 Å². The summed E-state index contributed by atoms with van der Waals surface area (Å²) in [4.78, 5) is 25.3. The Balaban J connectivity index is 1.73. The number of nitrogens with one attached hydrogen (secondary N) is 1. The van der Waals surface area contributed by atoms with E-state index in [4.69, 9.17) is 9.47 Å². The van der Waals surface area contributed by atoms with Gasteiger partial charge in [-0.15, -0.1) is 5.10 Å². The molecule has 1 unspecified atom stereocenters. The van der Waals surface area contributed by atoms with Crippen molar-refractivity contribution in [1.82, 2.24) is 15.0 Å². The Labute approximate surface area is 168 Å². The number of nitrogens with zero attached hydrogens (tertiary/aromatic N) is 3. The summed E-state index contributed by atoms with van der Waals surface area (Å²) in [6, 6.07) is 12.0. The fraction of sp³-hybridized carbons (Fsp3) is 0.333. The van der Waals surface area contributed by atoms with E-state index in [0.717, 1.165) is 5.52 Å². The monoisotopic (exact) mass is 396 g/mol. The van der Waals surface area contributed by atoms with Crippen LogP contribution in [0.15, 0.2) is 42.5 Å². The van der Waals surface area contributed by atoms with Crippen LogP contribution in [-0.2, 0) is 16.1 Å². The number of aryl methyl sites for hydroxylation is 1. The SMILES string of the molecule is CCn1nnc2cc(C(=O)OC(C(=O)Nc3ccc(OC)cc3)C(C)C)ccc21. The van der Waals surface area contributed by atoms with Crippen LogP contribution in [0.1, 0.15) is 31.1 Å². The summed E-state index contributed by atoms with van der Waals surface area (Å²) in [5.74, 6) is -0.495. The molecule has 152 valence electrons. The van der Waals surface area contributed by atoms with E-state index >= 15 is 0 Å². The summed E-state index contributed by atoms with van der Waals surface area (Å²) in [5.41, 5.74) is 2.35. The molecule has 0 spiro atoms. The highest BCUT2D eigenvalue weighted by Gasteiger charge is 2.27. The smallest absolute Gasteiger partial charge is 0.339 e. The fourth-order valence-corrected chi connectivity index (χ4v) is 2.90. The second-order valence-electron chi connectivity index (χ2n) is 6.90. The maximum atomic E-state index is 12.7. The lowest BCUT2D eigenvalue weighted by Crippen LogP contribution is -2.36. The third-order valence-electron chi connectivity index (χ3n) is 4.50. The van der Waals surface area contributed by atoms with Crippen LogP contribution < -0.4 is 10.1 Å². The second-order valence-corrected chi connectivity index (χ2v) is 6.90. The minimum Gasteiger partial charge on any atom is -0.497 e. The number of amides is 1. The molecule has 0 saturated heterocycles. The van der Waals surface area contributed by atoms with E-state index in [1.165, 1.54) is 0 Å². The summed E-state index contributed by atoms with van der Waals surface area (Å²) < 4.78 is 12.4. The molecular weight excluding hydrogens is 372 g/mol. The average molecular weight is 396 g/mol. The van der Waals surface area contributed by atoms with Crippen LogP contribution >= 0.6 is 0 Å². The van der Waals surface area contributed by atoms with Crippen LogP contribution in [0.2, 0.25) is 0 Å². The lowest BCUT2D eigenvalue weighted by Gasteiger charge is -2.21. The molecular formula is C21H24N4O4. The van der Waals surface area contributed by atoms with Gasteiger partial charge in [-0.1, -0.05) is 19.1 Å². The molecule has 3 rings (SSSR count). The van der Waals surface area contributed by atoms with E-state index in [9.17, 15) is 9.59 Å². The Morgan fingerprint density at radius 1 is 1.14 bits per heavy atom. The van der Waals surface area contributed by atoms with Gasteiger partial charge in [0.25, 0.3) is 5.91 Å². The summed E-state index contributed by atoms with van der Waals surface area (Å²) >= 11 is 0. The molecule has 3 aromatic rings. The molecule has 0 radical (unpaired) electrons. The number of anilines is 1. The third kappa shape index (κ3) is 4.53. The van der Waals surface area contributed by atoms with Crippen LogP contribution in [0.4, 0.5) is 5.69 Å². The van der Waals surface area contributed by atoms with Crippen LogP contribution in [0.25, 0.3) is 11.0 Å². The summed E-state index contributed by atoms with van der Waals surface area (Å²) in [5, 5.41) is 10.9. The van der Waals surface area contributed by atoms with Crippen molar-refractivity contribution in [1.29, 1.82) is 0 Å². The summed E-state index contributed by atoms with van der Waals surface area (Å²) in [6.07, 6.45) is -0.938. The zero-order valence-corrected chi connectivity index (χ0v) is 16.9. The molecule has 0 fully saturated rings. The van der Waals surface area contributed by atoms with Gasteiger partial charge in [-0.05, 0) is 55.3 Å². The normalized spacial score (nSPS) is 12.0. The summed E-state index contributed by atoms with van der Waals surface area (Å²) in [7, 11) is 1.57. The molecule has 8 nitrogen and oxygen atoms in total. The Bertz CT molecular complexity index is 1010. The van der Waals surface area contributed by atoms with Crippen molar-refractivity contribution in [3.63, 3.8) is 0 Å². The average Bonchev–Trinajstić information content (AvgIpc) is 3.14. The van der Waals surface area contributed by atoms with Gasteiger partial charge in [-0.25, -0.2) is 9.48 Å². The lowest BCUT2D eigenvalue weighted by atomic mass is 10.1. The second kappa shape index (κ2) is 8.72. The van der Waals surface area contributed by atoms with Crippen LogP contribution in [0.5, 0.6) is 5.75 Å². The van der Waals surface area contributed by atoms with Crippen molar-refractivity contribution >= 4 is 28.6 Å². The molecule has 0 aliphatic carbocycles. The van der Waals surface area contributed by atoms with Gasteiger partial charge in [0.1, 0.15) is 11.3 Å². The van der Waals surface area contributed by atoms with E-state index < -0.39 is 18.0 Å². The molecule has 1 heterocycles. The van der Waals surface area contributed by atoms with Crippen LogP contribution in [0.3, 0.4) is 0 Å². The quantitative estimate of drug-likeness (QED) is 0.616. The Hall–Kier alpha value is -3.42. The van der Waals surface area contributed by atoms with Crippen molar-refractivity contribution in [3.05, 3.63) is 48.0 Å². The highest BCUT2D eigenvalue weighted by atomic mass is 16.5. The molecule has 1 amide bonds.